The van der Waals surface area contributed by atoms with Crippen LogP contribution in [0.5, 0.6) is 0 Å². The van der Waals surface area contributed by atoms with Crippen molar-refractivity contribution < 1.29 is 23.9 Å². The summed E-state index contributed by atoms with van der Waals surface area (Å²) in [7, 11) is 0. The summed E-state index contributed by atoms with van der Waals surface area (Å²) in [6.45, 7) is -0.439. The summed E-state index contributed by atoms with van der Waals surface area (Å²) in [4.78, 5) is 53.7. The van der Waals surface area contributed by atoms with E-state index in [1.165, 1.54) is 17.0 Å². The van der Waals surface area contributed by atoms with Crippen LogP contribution < -0.4 is 10.2 Å². The molecule has 2 atom stereocenters. The summed E-state index contributed by atoms with van der Waals surface area (Å²) < 4.78 is 5.16. The lowest BCUT2D eigenvalue weighted by Gasteiger charge is -2.45. The Labute approximate surface area is 230 Å². The number of amides is 3. The molecule has 1 saturated heterocycles. The molecule has 4 aliphatic rings. The van der Waals surface area contributed by atoms with Gasteiger partial charge in [-0.2, -0.15) is 0 Å². The van der Waals surface area contributed by atoms with E-state index in [1.807, 2.05) is 30.3 Å². The van der Waals surface area contributed by atoms with Gasteiger partial charge < -0.3 is 10.1 Å². The van der Waals surface area contributed by atoms with Crippen molar-refractivity contribution in [2.45, 2.75) is 11.8 Å². The molecule has 1 N–H and O–H groups in total. The summed E-state index contributed by atoms with van der Waals surface area (Å²) >= 11 is 0. The number of anilines is 2. The second-order valence-electron chi connectivity index (χ2n) is 10.3. The van der Waals surface area contributed by atoms with Gasteiger partial charge in [-0.1, -0.05) is 66.7 Å². The number of hydrogen-bond acceptors (Lipinski definition) is 5. The van der Waals surface area contributed by atoms with Gasteiger partial charge in [0.25, 0.3) is 5.91 Å². The summed E-state index contributed by atoms with van der Waals surface area (Å²) in [6, 6.07) is 31.3. The zero-order valence-corrected chi connectivity index (χ0v) is 21.3. The maximum Gasteiger partial charge on any atom is 0.338 e. The molecule has 1 heterocycles. The summed E-state index contributed by atoms with van der Waals surface area (Å²) in [5.74, 6) is -2.88. The minimum absolute atomic E-state index is 0.180. The van der Waals surface area contributed by atoms with Crippen LogP contribution in [0.1, 0.15) is 44.4 Å². The Morgan fingerprint density at radius 2 is 1.12 bits per heavy atom. The average Bonchev–Trinajstić information content (AvgIpc) is 3.26. The number of esters is 1. The van der Waals surface area contributed by atoms with Crippen LogP contribution in [0.3, 0.4) is 0 Å². The molecule has 0 spiro atoms. The molecular formula is C33H24N2O5. The van der Waals surface area contributed by atoms with Gasteiger partial charge in [0.15, 0.2) is 6.61 Å². The van der Waals surface area contributed by atoms with Gasteiger partial charge in [0.2, 0.25) is 11.8 Å². The maximum atomic E-state index is 13.9. The lowest BCUT2D eigenvalue weighted by molar-refractivity contribution is -0.122. The molecule has 4 aromatic rings. The monoisotopic (exact) mass is 528 g/mol. The number of hydrogen-bond donors (Lipinski definition) is 1. The number of carbonyl (C=O) groups excluding carboxylic acids is 4. The zero-order chi connectivity index (χ0) is 27.4. The van der Waals surface area contributed by atoms with E-state index in [2.05, 4.69) is 29.6 Å². The Bertz CT molecular complexity index is 1570. The first-order valence-electron chi connectivity index (χ1n) is 13.2. The first-order valence-corrected chi connectivity index (χ1v) is 13.2. The van der Waals surface area contributed by atoms with Gasteiger partial charge in [0.1, 0.15) is 0 Å². The van der Waals surface area contributed by atoms with Crippen LogP contribution in [0.2, 0.25) is 0 Å². The van der Waals surface area contributed by atoms with Crippen LogP contribution in [0, 0.1) is 11.8 Å². The number of ether oxygens (including phenoxy) is 1. The second kappa shape index (κ2) is 9.31. The third-order valence-corrected chi connectivity index (χ3v) is 8.20. The standard InChI is InChI=1S/C33H24N2O5/c36-26(34-20-8-2-1-3-9-20)18-40-33(39)19-14-16-21(17-15-19)35-31(37)29-27-22-10-4-5-11-23(22)28(30(29)32(35)38)25-13-7-6-12-24(25)27/h1-17,27-30H,18H2,(H,34,36)/t27?,28?,29-,30-/m0/s1. The number of benzene rings is 4. The van der Waals surface area contributed by atoms with Gasteiger partial charge in [-0.3, -0.25) is 14.4 Å². The molecular weight excluding hydrogens is 504 g/mol. The van der Waals surface area contributed by atoms with Crippen LogP contribution in [0.4, 0.5) is 11.4 Å². The maximum absolute atomic E-state index is 13.9. The summed E-state index contributed by atoms with van der Waals surface area (Å²) in [6.07, 6.45) is 0. The molecule has 3 amide bonds. The summed E-state index contributed by atoms with van der Waals surface area (Å²) in [5, 5.41) is 2.66. The van der Waals surface area contributed by atoms with E-state index in [-0.39, 0.29) is 29.2 Å². The minimum atomic E-state index is -0.675. The second-order valence-corrected chi connectivity index (χ2v) is 10.3. The van der Waals surface area contributed by atoms with E-state index in [1.54, 1.807) is 36.4 Å². The van der Waals surface area contributed by atoms with Crippen LogP contribution in [-0.4, -0.2) is 30.3 Å². The molecule has 0 unspecified atom stereocenters. The van der Waals surface area contributed by atoms with E-state index < -0.39 is 30.3 Å². The lowest BCUT2D eigenvalue weighted by atomic mass is 9.55. The number of imide groups is 1. The Hall–Kier alpha value is -5.04. The van der Waals surface area contributed by atoms with Crippen molar-refractivity contribution in [1.29, 1.82) is 0 Å². The third-order valence-electron chi connectivity index (χ3n) is 8.20. The van der Waals surface area contributed by atoms with Crippen LogP contribution in [0.15, 0.2) is 103 Å². The molecule has 0 radical (unpaired) electrons. The fraction of sp³-hybridized carbons (Fsp3) is 0.152. The highest BCUT2D eigenvalue weighted by molar-refractivity contribution is 6.23. The van der Waals surface area contributed by atoms with Gasteiger partial charge in [-0.25, -0.2) is 9.69 Å². The number of rotatable bonds is 5. The Balaban J connectivity index is 1.11. The fourth-order valence-corrected chi connectivity index (χ4v) is 6.61. The quantitative estimate of drug-likeness (QED) is 0.295. The molecule has 1 fully saturated rings. The van der Waals surface area contributed by atoms with Crippen molar-refractivity contribution in [3.05, 3.63) is 131 Å². The highest BCUT2D eigenvalue weighted by Gasteiger charge is 2.61. The van der Waals surface area contributed by atoms with E-state index in [4.69, 9.17) is 4.74 Å². The topological polar surface area (TPSA) is 92.8 Å². The lowest BCUT2D eigenvalue weighted by Crippen LogP contribution is -2.41. The van der Waals surface area contributed by atoms with Gasteiger partial charge >= 0.3 is 5.97 Å². The molecule has 0 saturated carbocycles. The largest absolute Gasteiger partial charge is 0.452 e. The van der Waals surface area contributed by atoms with E-state index in [0.29, 0.717) is 11.4 Å². The number of nitrogens with zero attached hydrogens (tertiary/aromatic N) is 1. The van der Waals surface area contributed by atoms with E-state index in [0.717, 1.165) is 22.3 Å². The first-order chi connectivity index (χ1) is 19.5. The number of carbonyl (C=O) groups is 4. The highest BCUT2D eigenvalue weighted by atomic mass is 16.5. The molecule has 1 aliphatic heterocycles. The van der Waals surface area contributed by atoms with Crippen molar-refractivity contribution in [2.24, 2.45) is 11.8 Å². The first kappa shape index (κ1) is 24.0. The Morgan fingerprint density at radius 3 is 1.62 bits per heavy atom. The Kier molecular flexibility index (Phi) is 5.59. The normalized spacial score (nSPS) is 21.9. The van der Waals surface area contributed by atoms with Crippen LogP contribution in [-0.2, 0) is 19.1 Å². The van der Waals surface area contributed by atoms with Crippen molar-refractivity contribution in [3.63, 3.8) is 0 Å². The smallest absolute Gasteiger partial charge is 0.338 e. The third kappa shape index (κ3) is 3.66. The predicted octanol–water partition coefficient (Wildman–Crippen LogP) is 4.88. The zero-order valence-electron chi connectivity index (χ0n) is 21.3. The fourth-order valence-electron chi connectivity index (χ4n) is 6.61. The van der Waals surface area contributed by atoms with Crippen LogP contribution >= 0.6 is 0 Å². The number of nitrogens with one attached hydrogen (secondary N) is 1. The minimum Gasteiger partial charge on any atom is -0.452 e. The Morgan fingerprint density at radius 1 is 0.650 bits per heavy atom. The average molecular weight is 529 g/mol. The molecule has 40 heavy (non-hydrogen) atoms. The molecule has 3 aliphatic carbocycles. The van der Waals surface area contributed by atoms with Crippen molar-refractivity contribution >= 4 is 35.1 Å². The molecule has 7 nitrogen and oxygen atoms in total. The molecule has 4 aromatic carbocycles. The molecule has 196 valence electrons. The van der Waals surface area contributed by atoms with Gasteiger partial charge in [-0.15, -0.1) is 0 Å². The number of para-hydroxylation sites is 1. The van der Waals surface area contributed by atoms with Crippen molar-refractivity contribution in [2.75, 3.05) is 16.8 Å². The van der Waals surface area contributed by atoms with Gasteiger partial charge in [0, 0.05) is 17.5 Å². The summed E-state index contributed by atoms with van der Waals surface area (Å²) in [5.41, 5.74) is 5.69. The molecule has 7 heteroatoms. The van der Waals surface area contributed by atoms with Crippen molar-refractivity contribution in [1.82, 2.24) is 0 Å². The molecule has 8 rings (SSSR count). The van der Waals surface area contributed by atoms with Gasteiger partial charge in [-0.05, 0) is 58.7 Å². The molecule has 0 aromatic heterocycles. The SMILES string of the molecule is O=C(COC(=O)c1ccc(N2C(=O)[C@H]3C4c5ccccc5C(c5ccccc54)[C@@H]3C2=O)cc1)Nc1ccccc1. The van der Waals surface area contributed by atoms with Crippen LogP contribution in [0.25, 0.3) is 0 Å². The highest BCUT2D eigenvalue weighted by Crippen LogP contribution is 2.61. The van der Waals surface area contributed by atoms with Crippen molar-refractivity contribution in [3.8, 4) is 0 Å². The molecule has 2 bridgehead atoms. The van der Waals surface area contributed by atoms with E-state index in [9.17, 15) is 19.2 Å². The van der Waals surface area contributed by atoms with E-state index >= 15 is 0 Å². The van der Waals surface area contributed by atoms with Gasteiger partial charge in [0.05, 0.1) is 23.1 Å². The predicted molar refractivity (Wildman–Crippen MR) is 148 cm³/mol.